The largest absolute Gasteiger partial charge is 0.488 e. The van der Waals surface area contributed by atoms with Gasteiger partial charge in [-0.3, -0.25) is 4.99 Å². The number of hydrogen-bond acceptors (Lipinski definition) is 2. The molecular formula is C21H16BrClFNO. The molecule has 0 aliphatic heterocycles. The molecule has 132 valence electrons. The molecule has 0 saturated heterocycles. The highest BCUT2D eigenvalue weighted by Crippen LogP contribution is 2.28. The normalized spacial score (nSPS) is 11.1. The molecule has 0 saturated carbocycles. The maximum Gasteiger partial charge on any atom is 0.134 e. The number of ether oxygens (including phenoxy) is 1. The smallest absolute Gasteiger partial charge is 0.134 e. The van der Waals surface area contributed by atoms with E-state index in [1.54, 1.807) is 18.3 Å². The van der Waals surface area contributed by atoms with Crippen molar-refractivity contribution >= 4 is 39.4 Å². The molecule has 5 heteroatoms. The summed E-state index contributed by atoms with van der Waals surface area (Å²) in [4.78, 5) is 4.50. The highest BCUT2D eigenvalue weighted by atomic mass is 79.9. The molecule has 2 nitrogen and oxygen atoms in total. The molecule has 0 aromatic heterocycles. The highest BCUT2D eigenvalue weighted by Gasteiger charge is 2.04. The van der Waals surface area contributed by atoms with Gasteiger partial charge in [-0.2, -0.15) is 0 Å². The fraction of sp³-hybridized carbons (Fsp3) is 0.0952. The maximum atomic E-state index is 12.9. The monoisotopic (exact) mass is 431 g/mol. The quantitative estimate of drug-likeness (QED) is 0.403. The Kier molecular flexibility index (Phi) is 6.07. The lowest BCUT2D eigenvalue weighted by molar-refractivity contribution is 0.304. The second kappa shape index (κ2) is 8.47. The number of halogens is 3. The SMILES string of the molecule is Cc1c(Cl)cccc1N=Cc1ccc(OCc2ccc(F)cc2)c(Br)c1. The van der Waals surface area contributed by atoms with Crippen molar-refractivity contribution in [1.29, 1.82) is 0 Å². The van der Waals surface area contributed by atoms with Gasteiger partial charge in [-0.1, -0.05) is 29.8 Å². The Hall–Kier alpha value is -2.17. The number of aliphatic imine (C=N–C) groups is 1. The molecule has 0 radical (unpaired) electrons. The van der Waals surface area contributed by atoms with Crippen LogP contribution in [0.3, 0.4) is 0 Å². The average molecular weight is 433 g/mol. The minimum Gasteiger partial charge on any atom is -0.488 e. The standard InChI is InChI=1S/C21H16BrClFNO/c1-14-19(23)3-2-4-20(14)25-12-16-7-10-21(18(22)11-16)26-13-15-5-8-17(24)9-6-15/h2-12H,13H2,1H3. The van der Waals surface area contributed by atoms with Crippen molar-refractivity contribution in [2.24, 2.45) is 4.99 Å². The summed E-state index contributed by atoms with van der Waals surface area (Å²) in [6, 6.07) is 17.6. The summed E-state index contributed by atoms with van der Waals surface area (Å²) in [5.41, 5.74) is 3.62. The molecule has 26 heavy (non-hydrogen) atoms. The molecular weight excluding hydrogens is 417 g/mol. The Balaban J connectivity index is 1.70. The van der Waals surface area contributed by atoms with E-state index in [9.17, 15) is 4.39 Å². The van der Waals surface area contributed by atoms with Gasteiger partial charge in [0, 0.05) is 11.2 Å². The maximum absolute atomic E-state index is 12.9. The lowest BCUT2D eigenvalue weighted by Crippen LogP contribution is -1.96. The van der Waals surface area contributed by atoms with E-state index in [1.165, 1.54) is 12.1 Å². The zero-order valence-electron chi connectivity index (χ0n) is 14.0. The van der Waals surface area contributed by atoms with Crippen molar-refractivity contribution in [2.45, 2.75) is 13.5 Å². The second-order valence-corrected chi connectivity index (χ2v) is 7.01. The Morgan fingerprint density at radius 2 is 1.88 bits per heavy atom. The van der Waals surface area contributed by atoms with Crippen LogP contribution >= 0.6 is 27.5 Å². The Bertz CT molecular complexity index is 941. The number of hydrogen-bond donors (Lipinski definition) is 0. The molecule has 3 aromatic rings. The molecule has 0 heterocycles. The first-order chi connectivity index (χ1) is 12.5. The Morgan fingerprint density at radius 3 is 2.62 bits per heavy atom. The van der Waals surface area contributed by atoms with Crippen LogP contribution in [0.15, 0.2) is 70.1 Å². The summed E-state index contributed by atoms with van der Waals surface area (Å²) >= 11 is 9.63. The Labute approximate surface area is 165 Å². The van der Waals surface area contributed by atoms with Crippen LogP contribution in [0.4, 0.5) is 10.1 Å². The molecule has 0 aliphatic rings. The number of rotatable bonds is 5. The molecule has 0 aliphatic carbocycles. The molecule has 3 rings (SSSR count). The predicted molar refractivity (Wildman–Crippen MR) is 108 cm³/mol. The van der Waals surface area contributed by atoms with Crippen LogP contribution in [0.1, 0.15) is 16.7 Å². The lowest BCUT2D eigenvalue weighted by atomic mass is 10.2. The van der Waals surface area contributed by atoms with E-state index in [-0.39, 0.29) is 5.82 Å². The summed E-state index contributed by atoms with van der Waals surface area (Å²) in [6.07, 6.45) is 1.78. The second-order valence-electron chi connectivity index (χ2n) is 5.75. The van der Waals surface area contributed by atoms with Gasteiger partial charge < -0.3 is 4.74 Å². The van der Waals surface area contributed by atoms with Gasteiger partial charge in [0.15, 0.2) is 0 Å². The Morgan fingerprint density at radius 1 is 1.12 bits per heavy atom. The van der Waals surface area contributed by atoms with Gasteiger partial charge in [-0.15, -0.1) is 0 Å². The fourth-order valence-corrected chi connectivity index (χ4v) is 3.02. The van der Waals surface area contributed by atoms with Gasteiger partial charge in [0.1, 0.15) is 18.2 Å². The molecule has 0 amide bonds. The van der Waals surface area contributed by atoms with E-state index < -0.39 is 0 Å². The van der Waals surface area contributed by atoms with Crippen LogP contribution in [0, 0.1) is 12.7 Å². The van der Waals surface area contributed by atoms with Crippen LogP contribution in [-0.4, -0.2) is 6.21 Å². The topological polar surface area (TPSA) is 21.6 Å². The summed E-state index contributed by atoms with van der Waals surface area (Å²) in [6.45, 7) is 2.31. The zero-order valence-corrected chi connectivity index (χ0v) is 16.4. The van der Waals surface area contributed by atoms with Crippen molar-refractivity contribution in [3.8, 4) is 5.75 Å². The van der Waals surface area contributed by atoms with E-state index in [4.69, 9.17) is 16.3 Å². The third-order valence-corrected chi connectivity index (χ3v) is 4.88. The summed E-state index contributed by atoms with van der Waals surface area (Å²) in [5.74, 6) is 0.457. The molecule has 0 N–H and O–H groups in total. The lowest BCUT2D eigenvalue weighted by Gasteiger charge is -2.09. The first-order valence-electron chi connectivity index (χ1n) is 7.99. The van der Waals surface area contributed by atoms with Gasteiger partial charge in [-0.05, 0) is 82.0 Å². The molecule has 0 spiro atoms. The first kappa shape index (κ1) is 18.6. The highest BCUT2D eigenvalue weighted by molar-refractivity contribution is 9.10. The summed E-state index contributed by atoms with van der Waals surface area (Å²) in [7, 11) is 0. The van der Waals surface area contributed by atoms with Crippen LogP contribution in [0.2, 0.25) is 5.02 Å². The molecule has 3 aromatic carbocycles. The first-order valence-corrected chi connectivity index (χ1v) is 9.16. The van der Waals surface area contributed by atoms with Crippen molar-refractivity contribution in [2.75, 3.05) is 0 Å². The molecule has 0 atom stereocenters. The van der Waals surface area contributed by atoms with Crippen molar-refractivity contribution in [3.63, 3.8) is 0 Å². The van der Waals surface area contributed by atoms with Crippen LogP contribution in [0.5, 0.6) is 5.75 Å². The van der Waals surface area contributed by atoms with Gasteiger partial charge in [0.2, 0.25) is 0 Å². The minimum atomic E-state index is -0.256. The van der Waals surface area contributed by atoms with Crippen molar-refractivity contribution in [3.05, 3.63) is 92.7 Å². The number of nitrogens with zero attached hydrogens (tertiary/aromatic N) is 1. The van der Waals surface area contributed by atoms with Gasteiger partial charge in [0.25, 0.3) is 0 Å². The van der Waals surface area contributed by atoms with Gasteiger partial charge in [0.05, 0.1) is 10.2 Å². The fourth-order valence-electron chi connectivity index (χ4n) is 2.34. The van der Waals surface area contributed by atoms with Gasteiger partial charge >= 0.3 is 0 Å². The predicted octanol–water partition coefficient (Wildman–Crippen LogP) is 6.88. The minimum absolute atomic E-state index is 0.256. The molecule has 0 unspecified atom stereocenters. The third-order valence-electron chi connectivity index (χ3n) is 3.86. The average Bonchev–Trinajstić information content (AvgIpc) is 2.63. The summed E-state index contributed by atoms with van der Waals surface area (Å²) < 4.78 is 19.5. The third kappa shape index (κ3) is 4.71. The van der Waals surface area contributed by atoms with Crippen LogP contribution < -0.4 is 4.74 Å². The molecule has 0 fully saturated rings. The summed E-state index contributed by atoms with van der Waals surface area (Å²) in [5, 5.41) is 0.699. The van der Waals surface area contributed by atoms with Crippen molar-refractivity contribution in [1.82, 2.24) is 0 Å². The number of benzene rings is 3. The van der Waals surface area contributed by atoms with Crippen LogP contribution in [0.25, 0.3) is 0 Å². The zero-order chi connectivity index (χ0) is 18.5. The molecule has 0 bridgehead atoms. The van der Waals surface area contributed by atoms with Gasteiger partial charge in [-0.25, -0.2) is 4.39 Å². The van der Waals surface area contributed by atoms with E-state index in [1.807, 2.05) is 43.3 Å². The van der Waals surface area contributed by atoms with Crippen LogP contribution in [-0.2, 0) is 6.61 Å². The van der Waals surface area contributed by atoms with E-state index in [0.29, 0.717) is 17.4 Å². The van der Waals surface area contributed by atoms with E-state index in [2.05, 4.69) is 20.9 Å². The van der Waals surface area contributed by atoms with E-state index in [0.717, 1.165) is 26.9 Å². The van der Waals surface area contributed by atoms with E-state index >= 15 is 0 Å². The van der Waals surface area contributed by atoms with Crippen molar-refractivity contribution < 1.29 is 9.13 Å².